The molecule has 0 saturated carbocycles. The summed E-state index contributed by atoms with van der Waals surface area (Å²) in [6.07, 6.45) is 1.04. The molecule has 0 aliphatic heterocycles. The minimum atomic E-state index is -1.45. The van der Waals surface area contributed by atoms with E-state index in [2.05, 4.69) is 9.98 Å². The number of hydrogen-bond donors (Lipinski definition) is 2. The first-order chi connectivity index (χ1) is 11.9. The van der Waals surface area contributed by atoms with E-state index in [0.29, 0.717) is 16.9 Å². The lowest BCUT2D eigenvalue weighted by Crippen LogP contribution is -2.08. The summed E-state index contributed by atoms with van der Waals surface area (Å²) in [5.74, 6) is -1.97. The van der Waals surface area contributed by atoms with E-state index >= 15 is 0 Å². The summed E-state index contributed by atoms with van der Waals surface area (Å²) in [5.41, 5.74) is 0.453. The van der Waals surface area contributed by atoms with Crippen LogP contribution in [0.1, 0.15) is 27.0 Å². The van der Waals surface area contributed by atoms with Gasteiger partial charge in [0.15, 0.2) is 11.0 Å². The minimum Gasteiger partial charge on any atom is -0.496 e. The second-order valence-corrected chi connectivity index (χ2v) is 5.59. The number of benzene rings is 1. The van der Waals surface area contributed by atoms with Crippen molar-refractivity contribution in [1.29, 1.82) is 0 Å². The fourth-order valence-corrected chi connectivity index (χ4v) is 2.60. The average molecular weight is 387 g/mol. The second kappa shape index (κ2) is 8.24. The van der Waals surface area contributed by atoms with E-state index in [1.807, 2.05) is 0 Å². The quantitative estimate of drug-likeness (QED) is 0.586. The molecule has 6 nitrogen and oxygen atoms in total. The number of nitrogens with zero attached hydrogens (tertiary/aromatic N) is 2. The number of halogens is 3. The number of rotatable bonds is 6. The third kappa shape index (κ3) is 4.25. The topological polar surface area (TPSA) is 92.0 Å². The Balaban J connectivity index is 2.36. The van der Waals surface area contributed by atoms with Crippen LogP contribution in [0.15, 0.2) is 23.2 Å². The zero-order valence-corrected chi connectivity index (χ0v) is 14.5. The Morgan fingerprint density at radius 2 is 2.12 bits per heavy atom. The van der Waals surface area contributed by atoms with Crippen LogP contribution in [-0.4, -0.2) is 34.5 Å². The molecule has 132 valence electrons. The predicted molar refractivity (Wildman–Crippen MR) is 91.4 cm³/mol. The molecule has 0 bridgehead atoms. The first-order valence-electron chi connectivity index (χ1n) is 6.93. The molecule has 2 rings (SSSR count). The molecule has 0 unspecified atom stereocenters. The highest BCUT2D eigenvalue weighted by Crippen LogP contribution is 2.26. The highest BCUT2D eigenvalue weighted by atomic mass is 35.5. The van der Waals surface area contributed by atoms with E-state index in [1.165, 1.54) is 7.11 Å². The van der Waals surface area contributed by atoms with Crippen LogP contribution in [-0.2, 0) is 13.2 Å². The Morgan fingerprint density at radius 1 is 1.40 bits per heavy atom. The molecule has 1 aromatic carbocycles. The fraction of sp³-hybridized carbons (Fsp3) is 0.188. The molecule has 1 aromatic heterocycles. The maximum atomic E-state index is 14.1. The third-order valence-corrected chi connectivity index (χ3v) is 3.84. The van der Waals surface area contributed by atoms with Crippen molar-refractivity contribution < 1.29 is 24.1 Å². The van der Waals surface area contributed by atoms with E-state index in [9.17, 15) is 14.3 Å². The van der Waals surface area contributed by atoms with Gasteiger partial charge in [-0.3, -0.25) is 4.99 Å². The van der Waals surface area contributed by atoms with Gasteiger partial charge in [0.2, 0.25) is 0 Å². The average Bonchev–Trinajstić information content (AvgIpc) is 2.58. The van der Waals surface area contributed by atoms with Crippen molar-refractivity contribution in [1.82, 2.24) is 4.98 Å². The number of aliphatic hydroxyl groups is 1. The van der Waals surface area contributed by atoms with Crippen LogP contribution in [0, 0.1) is 5.82 Å². The van der Waals surface area contributed by atoms with E-state index < -0.39 is 27.7 Å². The molecule has 0 aliphatic rings. The summed E-state index contributed by atoms with van der Waals surface area (Å²) in [7, 11) is 1.47. The van der Waals surface area contributed by atoms with Crippen LogP contribution >= 0.6 is 23.2 Å². The summed E-state index contributed by atoms with van der Waals surface area (Å²) >= 11 is 11.3. The van der Waals surface area contributed by atoms with Crippen LogP contribution in [0.5, 0.6) is 5.75 Å². The molecule has 0 fully saturated rings. The van der Waals surface area contributed by atoms with Crippen LogP contribution in [0.25, 0.3) is 0 Å². The van der Waals surface area contributed by atoms with Crippen molar-refractivity contribution in [2.45, 2.75) is 13.2 Å². The standard InChI is InChI=1S/C16H13Cl2FN2O4/c1-25-11-4-8(7-22)2-3-9(11)5-20-6-10-12(16(23)24)14(17)21-15(18)13(10)19/h2-4,6,22H,5,7H2,1H3,(H,23,24). The fourth-order valence-electron chi connectivity index (χ4n) is 2.10. The van der Waals surface area contributed by atoms with Crippen molar-refractivity contribution in [3.05, 3.63) is 56.6 Å². The summed E-state index contributed by atoms with van der Waals surface area (Å²) in [5, 5.41) is 17.3. The van der Waals surface area contributed by atoms with Crippen LogP contribution < -0.4 is 4.74 Å². The van der Waals surface area contributed by atoms with Gasteiger partial charge in [-0.2, -0.15) is 0 Å². The zero-order valence-electron chi connectivity index (χ0n) is 13.0. The van der Waals surface area contributed by atoms with Crippen molar-refractivity contribution in [3.8, 4) is 5.75 Å². The van der Waals surface area contributed by atoms with Gasteiger partial charge in [0.1, 0.15) is 16.5 Å². The lowest BCUT2D eigenvalue weighted by molar-refractivity contribution is 0.0696. The van der Waals surface area contributed by atoms with Gasteiger partial charge in [0.25, 0.3) is 0 Å². The maximum Gasteiger partial charge on any atom is 0.339 e. The van der Waals surface area contributed by atoms with Crippen LogP contribution in [0.4, 0.5) is 4.39 Å². The Labute approximate surface area is 152 Å². The summed E-state index contributed by atoms with van der Waals surface area (Å²) in [6.45, 7) is -0.0496. The number of methoxy groups -OCH3 is 1. The van der Waals surface area contributed by atoms with Gasteiger partial charge in [0.05, 0.1) is 20.3 Å². The number of hydrogen-bond acceptors (Lipinski definition) is 5. The summed E-state index contributed by atoms with van der Waals surface area (Å²) < 4.78 is 19.3. The number of aliphatic hydroxyl groups excluding tert-OH is 1. The molecule has 0 atom stereocenters. The number of carbonyl (C=O) groups is 1. The SMILES string of the molecule is COc1cc(CO)ccc1CN=Cc1c(F)c(Cl)nc(Cl)c1C(=O)O. The highest BCUT2D eigenvalue weighted by molar-refractivity contribution is 6.35. The van der Waals surface area contributed by atoms with Gasteiger partial charge < -0.3 is 14.9 Å². The Hall–Kier alpha value is -2.22. The van der Waals surface area contributed by atoms with E-state index in [1.54, 1.807) is 18.2 Å². The molecule has 0 aliphatic carbocycles. The largest absolute Gasteiger partial charge is 0.496 e. The molecule has 25 heavy (non-hydrogen) atoms. The van der Waals surface area contributed by atoms with Gasteiger partial charge in [-0.25, -0.2) is 14.2 Å². The van der Waals surface area contributed by atoms with Crippen molar-refractivity contribution in [2.24, 2.45) is 4.99 Å². The van der Waals surface area contributed by atoms with Gasteiger partial charge in [-0.15, -0.1) is 0 Å². The van der Waals surface area contributed by atoms with Crippen molar-refractivity contribution in [3.63, 3.8) is 0 Å². The molecule has 0 spiro atoms. The Kier molecular flexibility index (Phi) is 6.30. The zero-order chi connectivity index (χ0) is 18.6. The summed E-state index contributed by atoms with van der Waals surface area (Å²) in [6, 6.07) is 5.04. The van der Waals surface area contributed by atoms with Gasteiger partial charge in [-0.1, -0.05) is 35.3 Å². The molecule has 1 heterocycles. The molecule has 2 aromatic rings. The second-order valence-electron chi connectivity index (χ2n) is 4.88. The van der Waals surface area contributed by atoms with Gasteiger partial charge in [-0.05, 0) is 11.6 Å². The molecule has 2 N–H and O–H groups in total. The molecule has 0 amide bonds. The van der Waals surface area contributed by atoms with Crippen molar-refractivity contribution in [2.75, 3.05) is 7.11 Å². The Morgan fingerprint density at radius 3 is 2.72 bits per heavy atom. The number of pyridine rings is 1. The number of aromatic nitrogens is 1. The maximum absolute atomic E-state index is 14.1. The third-order valence-electron chi connectivity index (χ3n) is 3.32. The molecular formula is C16H13Cl2FN2O4. The van der Waals surface area contributed by atoms with E-state index in [0.717, 1.165) is 6.21 Å². The number of ether oxygens (including phenoxy) is 1. The first-order valence-corrected chi connectivity index (χ1v) is 7.68. The van der Waals surface area contributed by atoms with Gasteiger partial charge in [0, 0.05) is 17.3 Å². The molecule has 0 radical (unpaired) electrons. The number of aliphatic imine (C=N–C) groups is 1. The van der Waals surface area contributed by atoms with Gasteiger partial charge >= 0.3 is 5.97 Å². The first kappa shape index (κ1) is 19.1. The lowest BCUT2D eigenvalue weighted by atomic mass is 10.1. The normalized spacial score (nSPS) is 11.1. The van der Waals surface area contributed by atoms with Crippen molar-refractivity contribution >= 4 is 35.4 Å². The summed E-state index contributed by atoms with van der Waals surface area (Å²) in [4.78, 5) is 18.8. The lowest BCUT2D eigenvalue weighted by Gasteiger charge is -2.09. The van der Waals surface area contributed by atoms with Crippen LogP contribution in [0.2, 0.25) is 10.3 Å². The van der Waals surface area contributed by atoms with E-state index in [4.69, 9.17) is 33.0 Å². The monoisotopic (exact) mass is 386 g/mol. The molecular weight excluding hydrogens is 374 g/mol. The van der Waals surface area contributed by atoms with E-state index in [-0.39, 0.29) is 18.7 Å². The molecule has 0 saturated heterocycles. The highest BCUT2D eigenvalue weighted by Gasteiger charge is 2.22. The molecule has 9 heteroatoms. The number of carboxylic acid groups (broad SMARTS) is 1. The van der Waals surface area contributed by atoms with Crippen LogP contribution in [0.3, 0.4) is 0 Å². The Bertz CT molecular complexity index is 843. The smallest absolute Gasteiger partial charge is 0.339 e. The number of carboxylic acids is 1. The minimum absolute atomic E-state index is 0.0882. The predicted octanol–water partition coefficient (Wildman–Crippen LogP) is 3.35. The number of aromatic carboxylic acids is 1.